The molecule has 2 aromatic carbocycles. The van der Waals surface area contributed by atoms with E-state index in [-0.39, 0.29) is 5.91 Å². The van der Waals surface area contributed by atoms with Crippen LogP contribution >= 0.6 is 11.6 Å². The van der Waals surface area contributed by atoms with Crippen LogP contribution in [0.15, 0.2) is 54.7 Å². The van der Waals surface area contributed by atoms with Gasteiger partial charge in [-0.25, -0.2) is 0 Å². The van der Waals surface area contributed by atoms with E-state index in [1.54, 1.807) is 18.3 Å². The van der Waals surface area contributed by atoms with Crippen LogP contribution in [0.5, 0.6) is 0 Å². The van der Waals surface area contributed by atoms with Gasteiger partial charge in [-0.3, -0.25) is 4.79 Å². The molecular formula is C16H13ClN2O. The number of halogens is 1. The first-order valence-electron chi connectivity index (χ1n) is 6.33. The Morgan fingerprint density at radius 3 is 2.75 bits per heavy atom. The van der Waals surface area contributed by atoms with Gasteiger partial charge in [0.05, 0.1) is 5.56 Å². The van der Waals surface area contributed by atoms with Crippen molar-refractivity contribution in [1.29, 1.82) is 0 Å². The van der Waals surface area contributed by atoms with Gasteiger partial charge in [-0.15, -0.1) is 0 Å². The Balaban J connectivity index is 1.80. The Morgan fingerprint density at radius 2 is 1.95 bits per heavy atom. The number of hydrogen-bond donors (Lipinski definition) is 2. The van der Waals surface area contributed by atoms with Crippen LogP contribution in [0.1, 0.15) is 15.9 Å². The van der Waals surface area contributed by atoms with Gasteiger partial charge in [0, 0.05) is 28.7 Å². The predicted molar refractivity (Wildman–Crippen MR) is 80.9 cm³/mol. The quantitative estimate of drug-likeness (QED) is 0.756. The summed E-state index contributed by atoms with van der Waals surface area (Å²) in [7, 11) is 0. The third-order valence-corrected chi connectivity index (χ3v) is 3.42. The fourth-order valence-corrected chi connectivity index (χ4v) is 2.33. The van der Waals surface area contributed by atoms with Crippen molar-refractivity contribution in [2.45, 2.75) is 6.54 Å². The van der Waals surface area contributed by atoms with Crippen molar-refractivity contribution in [3.05, 3.63) is 70.9 Å². The molecule has 0 aliphatic carbocycles. The molecule has 2 N–H and O–H groups in total. The number of carbonyl (C=O) groups excluding carboxylic acids is 1. The van der Waals surface area contributed by atoms with Gasteiger partial charge in [-0.1, -0.05) is 41.9 Å². The second-order valence-electron chi connectivity index (χ2n) is 4.56. The average Bonchev–Trinajstić information content (AvgIpc) is 2.89. The summed E-state index contributed by atoms with van der Waals surface area (Å²) in [4.78, 5) is 15.3. The molecule has 0 saturated heterocycles. The highest BCUT2D eigenvalue weighted by Crippen LogP contribution is 2.22. The highest BCUT2D eigenvalue weighted by atomic mass is 35.5. The number of fused-ring (bicyclic) bond motifs is 1. The molecule has 3 aromatic rings. The summed E-state index contributed by atoms with van der Waals surface area (Å²) in [6.07, 6.45) is 1.71. The molecule has 3 nitrogen and oxygen atoms in total. The number of H-pyrrole nitrogens is 1. The molecule has 0 atom stereocenters. The highest BCUT2D eigenvalue weighted by molar-refractivity contribution is 6.31. The predicted octanol–water partition coefficient (Wildman–Crippen LogP) is 3.75. The monoisotopic (exact) mass is 284 g/mol. The Hall–Kier alpha value is -2.26. The second-order valence-corrected chi connectivity index (χ2v) is 5.00. The summed E-state index contributed by atoms with van der Waals surface area (Å²) in [6, 6.07) is 15.3. The molecule has 3 rings (SSSR count). The number of amides is 1. The minimum absolute atomic E-state index is 0.109. The van der Waals surface area contributed by atoms with Gasteiger partial charge < -0.3 is 10.3 Å². The number of benzene rings is 2. The van der Waals surface area contributed by atoms with Crippen molar-refractivity contribution >= 4 is 28.4 Å². The number of rotatable bonds is 3. The van der Waals surface area contributed by atoms with Crippen LogP contribution in [-0.2, 0) is 6.54 Å². The number of carbonyl (C=O) groups is 1. The summed E-state index contributed by atoms with van der Waals surface area (Å²) in [5.74, 6) is -0.109. The molecule has 1 amide bonds. The lowest BCUT2D eigenvalue weighted by Crippen LogP contribution is -2.22. The van der Waals surface area contributed by atoms with Crippen LogP contribution < -0.4 is 5.32 Å². The van der Waals surface area contributed by atoms with Gasteiger partial charge in [0.15, 0.2) is 0 Å². The number of aromatic nitrogens is 1. The van der Waals surface area contributed by atoms with E-state index in [4.69, 9.17) is 11.6 Å². The lowest BCUT2D eigenvalue weighted by Gasteiger charge is -2.04. The highest BCUT2D eigenvalue weighted by Gasteiger charge is 2.11. The minimum Gasteiger partial charge on any atom is -0.360 e. The molecule has 0 saturated carbocycles. The number of nitrogens with one attached hydrogen (secondary N) is 2. The lowest BCUT2D eigenvalue weighted by atomic mass is 10.1. The normalized spacial score (nSPS) is 10.7. The average molecular weight is 285 g/mol. The Kier molecular flexibility index (Phi) is 3.44. The molecule has 0 spiro atoms. The van der Waals surface area contributed by atoms with E-state index < -0.39 is 0 Å². The maximum absolute atomic E-state index is 12.2. The molecule has 0 fully saturated rings. The smallest absolute Gasteiger partial charge is 0.253 e. The fraction of sp³-hybridized carbons (Fsp3) is 0.0625. The molecular weight excluding hydrogens is 272 g/mol. The standard InChI is InChI=1S/C16H13ClN2O/c17-12-6-7-15-13(8-12)14(10-18-15)16(20)19-9-11-4-2-1-3-5-11/h1-8,10,18H,9H2,(H,19,20). The minimum atomic E-state index is -0.109. The van der Waals surface area contributed by atoms with E-state index in [1.807, 2.05) is 36.4 Å². The summed E-state index contributed by atoms with van der Waals surface area (Å²) >= 11 is 5.98. The molecule has 0 unspecified atom stereocenters. The molecule has 100 valence electrons. The van der Waals surface area contributed by atoms with Crippen molar-refractivity contribution in [1.82, 2.24) is 10.3 Å². The van der Waals surface area contributed by atoms with Crippen molar-refractivity contribution in [2.24, 2.45) is 0 Å². The largest absolute Gasteiger partial charge is 0.360 e. The van der Waals surface area contributed by atoms with Crippen LogP contribution in [0.4, 0.5) is 0 Å². The molecule has 0 bridgehead atoms. The van der Waals surface area contributed by atoms with Gasteiger partial charge in [0.25, 0.3) is 5.91 Å². The van der Waals surface area contributed by atoms with Crippen LogP contribution in [0.2, 0.25) is 5.02 Å². The molecule has 20 heavy (non-hydrogen) atoms. The lowest BCUT2D eigenvalue weighted by molar-refractivity contribution is 0.0952. The third-order valence-electron chi connectivity index (χ3n) is 3.18. The molecule has 1 heterocycles. The Morgan fingerprint density at radius 1 is 1.15 bits per heavy atom. The van der Waals surface area contributed by atoms with Crippen LogP contribution in [0.3, 0.4) is 0 Å². The van der Waals surface area contributed by atoms with Gasteiger partial charge in [0.1, 0.15) is 0 Å². The zero-order chi connectivity index (χ0) is 13.9. The van der Waals surface area contributed by atoms with Gasteiger partial charge in [-0.05, 0) is 23.8 Å². The molecule has 0 aliphatic heterocycles. The first kappa shape index (κ1) is 12.8. The molecule has 0 radical (unpaired) electrons. The van der Waals surface area contributed by atoms with Gasteiger partial charge >= 0.3 is 0 Å². The summed E-state index contributed by atoms with van der Waals surface area (Å²) in [5, 5.41) is 4.37. The summed E-state index contributed by atoms with van der Waals surface area (Å²) in [6.45, 7) is 0.507. The zero-order valence-electron chi connectivity index (χ0n) is 10.7. The van der Waals surface area contributed by atoms with E-state index in [0.717, 1.165) is 16.5 Å². The van der Waals surface area contributed by atoms with Crippen LogP contribution in [-0.4, -0.2) is 10.9 Å². The molecule has 1 aromatic heterocycles. The van der Waals surface area contributed by atoms with E-state index >= 15 is 0 Å². The molecule has 0 aliphatic rings. The SMILES string of the molecule is O=C(NCc1ccccc1)c1c[nH]c2ccc(Cl)cc12. The Labute approximate surface area is 121 Å². The van der Waals surface area contributed by atoms with E-state index in [9.17, 15) is 4.79 Å². The first-order chi connectivity index (χ1) is 9.74. The van der Waals surface area contributed by atoms with Crippen molar-refractivity contribution in [2.75, 3.05) is 0 Å². The van der Waals surface area contributed by atoms with Crippen molar-refractivity contribution in [3.63, 3.8) is 0 Å². The first-order valence-corrected chi connectivity index (χ1v) is 6.70. The topological polar surface area (TPSA) is 44.9 Å². The van der Waals surface area contributed by atoms with Crippen molar-refractivity contribution in [3.8, 4) is 0 Å². The van der Waals surface area contributed by atoms with E-state index in [2.05, 4.69) is 10.3 Å². The third kappa shape index (κ3) is 2.53. The maximum Gasteiger partial charge on any atom is 0.253 e. The van der Waals surface area contributed by atoms with Crippen LogP contribution in [0.25, 0.3) is 10.9 Å². The summed E-state index contributed by atoms with van der Waals surface area (Å²) < 4.78 is 0. The summed E-state index contributed by atoms with van der Waals surface area (Å²) in [5.41, 5.74) is 2.58. The Bertz CT molecular complexity index is 750. The van der Waals surface area contributed by atoms with E-state index in [0.29, 0.717) is 17.1 Å². The second kappa shape index (κ2) is 5.39. The fourth-order valence-electron chi connectivity index (χ4n) is 2.15. The van der Waals surface area contributed by atoms with Crippen LogP contribution in [0, 0.1) is 0 Å². The number of aromatic amines is 1. The van der Waals surface area contributed by atoms with Crippen molar-refractivity contribution < 1.29 is 4.79 Å². The van der Waals surface area contributed by atoms with E-state index in [1.165, 1.54) is 0 Å². The maximum atomic E-state index is 12.2. The van der Waals surface area contributed by atoms with Gasteiger partial charge in [-0.2, -0.15) is 0 Å². The zero-order valence-corrected chi connectivity index (χ0v) is 11.4. The van der Waals surface area contributed by atoms with Gasteiger partial charge in [0.2, 0.25) is 0 Å². The number of hydrogen-bond acceptors (Lipinski definition) is 1. The molecule has 4 heteroatoms.